The molecule has 5 aliphatic rings. The molecule has 4 fully saturated rings. The van der Waals surface area contributed by atoms with Crippen molar-refractivity contribution in [1.29, 1.82) is 0 Å². The number of amides is 1. The van der Waals surface area contributed by atoms with Crippen LogP contribution in [0.4, 0.5) is 15.9 Å². The molecular formula is C26H29ClFN7O. The van der Waals surface area contributed by atoms with Crippen molar-refractivity contribution in [1.82, 2.24) is 15.6 Å². The fourth-order valence-corrected chi connectivity index (χ4v) is 5.77. The number of guanidine groups is 1. The minimum Gasteiger partial charge on any atom is -0.383 e. The van der Waals surface area contributed by atoms with Crippen LogP contribution >= 0.6 is 11.6 Å². The third-order valence-corrected chi connectivity index (χ3v) is 8.12. The molecule has 4 saturated carbocycles. The molecule has 0 spiro atoms. The Morgan fingerprint density at radius 1 is 1.22 bits per heavy atom. The average Bonchev–Trinajstić information content (AvgIpc) is 3.57. The zero-order valence-corrected chi connectivity index (χ0v) is 20.6. The van der Waals surface area contributed by atoms with Gasteiger partial charge >= 0.3 is 0 Å². The van der Waals surface area contributed by atoms with Crippen LogP contribution < -0.4 is 21.7 Å². The van der Waals surface area contributed by atoms with Gasteiger partial charge in [0.25, 0.3) is 5.91 Å². The summed E-state index contributed by atoms with van der Waals surface area (Å²) < 4.78 is 15.4. The minimum absolute atomic E-state index is 0.175. The SMILES string of the molecule is NC(=NC1=NCCN1)c1cc(F)c(Nc2nccc(C(=O)NC3CCC4CC3C4)c2Cl)c(C2CC2)c1. The monoisotopic (exact) mass is 509 g/mol. The Hall–Kier alpha value is -3.20. The number of carbonyl (C=O) groups is 1. The third kappa shape index (κ3) is 4.52. The van der Waals surface area contributed by atoms with E-state index in [9.17, 15) is 4.79 Å². The van der Waals surface area contributed by atoms with Gasteiger partial charge in [-0.3, -0.25) is 4.79 Å². The van der Waals surface area contributed by atoms with Gasteiger partial charge in [0.1, 0.15) is 17.5 Å². The zero-order chi connectivity index (χ0) is 24.8. The number of pyridine rings is 1. The lowest BCUT2D eigenvalue weighted by atomic mass is 9.63. The lowest BCUT2D eigenvalue weighted by Crippen LogP contribution is -2.49. The molecule has 1 amide bonds. The van der Waals surface area contributed by atoms with Gasteiger partial charge < -0.3 is 21.7 Å². The Kier molecular flexibility index (Phi) is 6.03. The van der Waals surface area contributed by atoms with Crippen LogP contribution in [0.15, 0.2) is 34.4 Å². The van der Waals surface area contributed by atoms with Crippen molar-refractivity contribution in [2.45, 2.75) is 50.5 Å². The smallest absolute Gasteiger partial charge is 0.253 e. The highest BCUT2D eigenvalue weighted by atomic mass is 35.5. The summed E-state index contributed by atoms with van der Waals surface area (Å²) in [6.45, 7) is 1.35. The van der Waals surface area contributed by atoms with Gasteiger partial charge in [-0.2, -0.15) is 4.99 Å². The summed E-state index contributed by atoms with van der Waals surface area (Å²) in [4.78, 5) is 25.9. The van der Waals surface area contributed by atoms with Crippen LogP contribution in [0, 0.1) is 17.7 Å². The van der Waals surface area contributed by atoms with E-state index < -0.39 is 5.82 Å². The number of amidine groups is 1. The first kappa shape index (κ1) is 23.2. The fraction of sp³-hybridized carbons (Fsp3) is 0.462. The van der Waals surface area contributed by atoms with Gasteiger partial charge in [-0.05, 0) is 80.0 Å². The number of anilines is 2. The second kappa shape index (κ2) is 9.35. The molecule has 2 heterocycles. The first-order valence-electron chi connectivity index (χ1n) is 12.6. The molecule has 2 bridgehead atoms. The van der Waals surface area contributed by atoms with Gasteiger partial charge in [-0.25, -0.2) is 14.4 Å². The number of hydrogen-bond donors (Lipinski definition) is 4. The molecule has 2 aromatic rings. The number of fused-ring (bicyclic) bond motifs is 2. The maximum absolute atomic E-state index is 15.4. The van der Waals surface area contributed by atoms with E-state index >= 15 is 4.39 Å². The number of aliphatic imine (C=N–C) groups is 2. The summed E-state index contributed by atoms with van der Waals surface area (Å²) in [5, 5.41) is 9.44. The van der Waals surface area contributed by atoms with Crippen molar-refractivity contribution < 1.29 is 9.18 Å². The number of nitrogens with two attached hydrogens (primary N) is 1. The van der Waals surface area contributed by atoms with Gasteiger partial charge in [-0.15, -0.1) is 0 Å². The Balaban J connectivity index is 1.25. The first-order valence-corrected chi connectivity index (χ1v) is 13.0. The predicted molar refractivity (Wildman–Crippen MR) is 139 cm³/mol. The molecule has 36 heavy (non-hydrogen) atoms. The van der Waals surface area contributed by atoms with Gasteiger partial charge in [-0.1, -0.05) is 11.6 Å². The van der Waals surface area contributed by atoms with Crippen molar-refractivity contribution in [3.63, 3.8) is 0 Å². The molecule has 8 nitrogen and oxygen atoms in total. The highest BCUT2D eigenvalue weighted by Gasteiger charge is 2.40. The molecule has 1 atom stereocenters. The summed E-state index contributed by atoms with van der Waals surface area (Å²) in [6.07, 6.45) is 7.99. The maximum atomic E-state index is 15.4. The summed E-state index contributed by atoms with van der Waals surface area (Å²) >= 11 is 6.63. The third-order valence-electron chi connectivity index (χ3n) is 7.74. The van der Waals surface area contributed by atoms with Gasteiger partial charge in [0, 0.05) is 24.3 Å². The van der Waals surface area contributed by atoms with Crippen LogP contribution in [0.25, 0.3) is 0 Å². The largest absolute Gasteiger partial charge is 0.383 e. The van der Waals surface area contributed by atoms with Gasteiger partial charge in [0.15, 0.2) is 0 Å². The Morgan fingerprint density at radius 3 is 2.75 bits per heavy atom. The van der Waals surface area contributed by atoms with E-state index in [1.165, 1.54) is 25.1 Å². The summed E-state index contributed by atoms with van der Waals surface area (Å²) in [5.74, 6) is 1.81. The number of hydrogen-bond acceptors (Lipinski definition) is 6. The number of nitrogens with one attached hydrogen (secondary N) is 3. The van der Waals surface area contributed by atoms with E-state index in [4.69, 9.17) is 17.3 Å². The average molecular weight is 510 g/mol. The fourth-order valence-electron chi connectivity index (χ4n) is 5.53. The molecule has 1 unspecified atom stereocenters. The molecule has 5 N–H and O–H groups in total. The Labute approximate surface area is 214 Å². The zero-order valence-electron chi connectivity index (χ0n) is 19.9. The van der Waals surface area contributed by atoms with Crippen molar-refractivity contribution in [3.8, 4) is 0 Å². The molecular weight excluding hydrogens is 481 g/mol. The van der Waals surface area contributed by atoms with E-state index in [1.807, 2.05) is 6.07 Å². The van der Waals surface area contributed by atoms with Crippen molar-refractivity contribution >= 4 is 40.8 Å². The van der Waals surface area contributed by atoms with Crippen molar-refractivity contribution in [2.24, 2.45) is 27.6 Å². The van der Waals surface area contributed by atoms with Gasteiger partial charge in [0.05, 0.1) is 22.8 Å². The maximum Gasteiger partial charge on any atom is 0.253 e. The number of nitrogens with zero attached hydrogens (tertiary/aromatic N) is 3. The lowest BCUT2D eigenvalue weighted by molar-refractivity contribution is 0.0618. The van der Waals surface area contributed by atoms with Crippen molar-refractivity contribution in [3.05, 3.63) is 51.9 Å². The standard InChI is InChI=1S/C26H29ClFN7O/c27-21-17(25(36)33-20-4-1-13-9-15(20)10-13)5-6-30-24(21)34-22-18(14-2-3-14)11-16(12-19(22)28)23(29)35-26-31-7-8-32-26/h5-6,11-15,20H,1-4,7-10H2,(H,30,34)(H,33,36)(H3,29,31,32,35). The molecule has 1 aromatic heterocycles. The Morgan fingerprint density at radius 2 is 2.06 bits per heavy atom. The minimum atomic E-state index is -0.483. The highest BCUT2D eigenvalue weighted by Crippen LogP contribution is 2.47. The summed E-state index contributed by atoms with van der Waals surface area (Å²) in [6, 6.07) is 5.00. The van der Waals surface area contributed by atoms with Gasteiger partial charge in [0.2, 0.25) is 5.96 Å². The lowest BCUT2D eigenvalue weighted by Gasteiger charge is -2.46. The van der Waals surface area contributed by atoms with Crippen LogP contribution in [0.5, 0.6) is 0 Å². The molecule has 7 rings (SSSR count). The topological polar surface area (TPSA) is 117 Å². The first-order chi connectivity index (χ1) is 17.5. The highest BCUT2D eigenvalue weighted by molar-refractivity contribution is 6.36. The molecule has 4 aliphatic carbocycles. The molecule has 188 valence electrons. The van der Waals surface area contributed by atoms with Crippen LogP contribution in [0.3, 0.4) is 0 Å². The van der Waals surface area contributed by atoms with Crippen LogP contribution in [0.2, 0.25) is 5.02 Å². The van der Waals surface area contributed by atoms with Crippen LogP contribution in [-0.4, -0.2) is 41.8 Å². The predicted octanol–water partition coefficient (Wildman–Crippen LogP) is 4.08. The van der Waals surface area contributed by atoms with Crippen LogP contribution in [-0.2, 0) is 0 Å². The molecule has 0 radical (unpaired) electrons. The van der Waals surface area contributed by atoms with Crippen molar-refractivity contribution in [2.75, 3.05) is 18.4 Å². The quantitative estimate of drug-likeness (QED) is 0.346. The molecule has 0 saturated heterocycles. The normalized spacial score (nSPS) is 25.0. The van der Waals surface area contributed by atoms with E-state index in [0.29, 0.717) is 41.8 Å². The summed E-state index contributed by atoms with van der Waals surface area (Å²) in [5.41, 5.74) is 8.08. The van der Waals surface area contributed by atoms with E-state index in [2.05, 4.69) is 30.9 Å². The number of carbonyl (C=O) groups excluding carboxylic acids is 1. The van der Waals surface area contributed by atoms with E-state index in [0.717, 1.165) is 37.2 Å². The number of halogens is 2. The number of rotatable bonds is 6. The molecule has 1 aliphatic heterocycles. The molecule has 1 aromatic carbocycles. The van der Waals surface area contributed by atoms with E-state index in [-0.39, 0.29) is 34.5 Å². The number of aromatic nitrogens is 1. The second-order valence-corrected chi connectivity index (χ2v) is 10.6. The number of benzene rings is 1. The summed E-state index contributed by atoms with van der Waals surface area (Å²) in [7, 11) is 0. The second-order valence-electron chi connectivity index (χ2n) is 10.2. The van der Waals surface area contributed by atoms with Crippen LogP contribution in [0.1, 0.15) is 65.9 Å². The molecule has 10 heteroatoms. The van der Waals surface area contributed by atoms with E-state index in [1.54, 1.807) is 6.07 Å². The Bertz CT molecular complexity index is 1270.